The van der Waals surface area contributed by atoms with E-state index in [4.69, 9.17) is 11.6 Å². The third-order valence-corrected chi connectivity index (χ3v) is 5.65. The Morgan fingerprint density at radius 1 is 1.29 bits per heavy atom. The van der Waals surface area contributed by atoms with Crippen molar-refractivity contribution < 1.29 is 0 Å². The Kier molecular flexibility index (Phi) is 5.39. The molecule has 0 N–H and O–H groups in total. The number of anilines is 1. The molecule has 0 saturated carbocycles. The first-order chi connectivity index (χ1) is 13.2. The number of hydrogen-bond donors (Lipinski definition) is 0. The SMILES string of the molecule is Cc1nn(CC(C)C)c(Cl)c1C1CCCN1c1c(C#N)c(=O)n(C)c(=O)n1C. The van der Waals surface area contributed by atoms with E-state index >= 15 is 0 Å². The number of rotatable bonds is 4. The lowest BCUT2D eigenvalue weighted by Gasteiger charge is -2.29. The topological polar surface area (TPSA) is 88.8 Å². The van der Waals surface area contributed by atoms with Crippen molar-refractivity contribution in [3.8, 4) is 6.07 Å². The van der Waals surface area contributed by atoms with Gasteiger partial charge in [-0.1, -0.05) is 25.4 Å². The van der Waals surface area contributed by atoms with Crippen LogP contribution in [0.2, 0.25) is 5.15 Å². The van der Waals surface area contributed by atoms with Gasteiger partial charge in [0.25, 0.3) is 5.56 Å². The highest BCUT2D eigenvalue weighted by Crippen LogP contribution is 2.40. The quantitative estimate of drug-likeness (QED) is 0.778. The molecule has 2 aromatic rings. The Morgan fingerprint density at radius 3 is 2.57 bits per heavy atom. The second-order valence-corrected chi connectivity index (χ2v) is 8.09. The summed E-state index contributed by atoms with van der Waals surface area (Å²) in [4.78, 5) is 27.0. The fourth-order valence-corrected chi connectivity index (χ4v) is 4.37. The minimum absolute atomic E-state index is 0.0279. The van der Waals surface area contributed by atoms with Crippen LogP contribution in [-0.2, 0) is 20.6 Å². The summed E-state index contributed by atoms with van der Waals surface area (Å²) in [6, 6.07) is 1.85. The van der Waals surface area contributed by atoms with Gasteiger partial charge in [0, 0.05) is 32.7 Å². The Labute approximate surface area is 168 Å². The molecule has 2 aromatic heterocycles. The molecular weight excluding hydrogens is 380 g/mol. The van der Waals surface area contributed by atoms with Crippen LogP contribution >= 0.6 is 11.6 Å². The highest BCUT2D eigenvalue weighted by atomic mass is 35.5. The maximum atomic E-state index is 12.5. The molecule has 150 valence electrons. The van der Waals surface area contributed by atoms with Gasteiger partial charge in [-0.2, -0.15) is 10.4 Å². The second-order valence-electron chi connectivity index (χ2n) is 7.73. The molecule has 3 heterocycles. The van der Waals surface area contributed by atoms with Crippen LogP contribution in [0.4, 0.5) is 5.82 Å². The number of halogens is 1. The van der Waals surface area contributed by atoms with E-state index in [0.29, 0.717) is 30.0 Å². The van der Waals surface area contributed by atoms with E-state index in [9.17, 15) is 14.9 Å². The summed E-state index contributed by atoms with van der Waals surface area (Å²) >= 11 is 6.68. The summed E-state index contributed by atoms with van der Waals surface area (Å²) in [6.07, 6.45) is 1.67. The molecule has 0 amide bonds. The molecule has 8 nitrogen and oxygen atoms in total. The van der Waals surface area contributed by atoms with Gasteiger partial charge in [0.15, 0.2) is 5.56 Å². The van der Waals surface area contributed by atoms with E-state index in [-0.39, 0.29) is 11.6 Å². The van der Waals surface area contributed by atoms with Crippen LogP contribution in [0.25, 0.3) is 0 Å². The molecule has 9 heteroatoms. The standard InChI is InChI=1S/C19H25ClN6O2/c1-11(2)10-26-16(20)15(12(3)22-26)14-7-6-8-25(14)17-13(9-21)18(27)24(5)19(28)23(17)4/h11,14H,6-8,10H2,1-5H3. The number of aromatic nitrogens is 4. The molecule has 0 radical (unpaired) electrons. The summed E-state index contributed by atoms with van der Waals surface area (Å²) in [7, 11) is 2.97. The largest absolute Gasteiger partial charge is 0.349 e. The van der Waals surface area contributed by atoms with Gasteiger partial charge in [-0.15, -0.1) is 0 Å². The van der Waals surface area contributed by atoms with Crippen molar-refractivity contribution in [2.45, 2.75) is 46.2 Å². The number of nitriles is 1. The highest BCUT2D eigenvalue weighted by Gasteiger charge is 2.35. The fourth-order valence-electron chi connectivity index (χ4n) is 4.00. The first-order valence-corrected chi connectivity index (χ1v) is 9.76. The molecule has 1 atom stereocenters. The summed E-state index contributed by atoms with van der Waals surface area (Å²) < 4.78 is 4.15. The van der Waals surface area contributed by atoms with Crippen molar-refractivity contribution in [1.29, 1.82) is 5.26 Å². The molecule has 0 aliphatic carbocycles. The van der Waals surface area contributed by atoms with Gasteiger partial charge < -0.3 is 4.90 Å². The Morgan fingerprint density at radius 2 is 1.96 bits per heavy atom. The molecule has 0 bridgehead atoms. The number of nitrogens with zero attached hydrogens (tertiary/aromatic N) is 6. The molecule has 1 aliphatic rings. The monoisotopic (exact) mass is 404 g/mol. The van der Waals surface area contributed by atoms with Crippen molar-refractivity contribution in [3.05, 3.63) is 42.8 Å². The Balaban J connectivity index is 2.17. The van der Waals surface area contributed by atoms with Crippen LogP contribution < -0.4 is 16.1 Å². The third-order valence-electron chi connectivity index (χ3n) is 5.25. The van der Waals surface area contributed by atoms with E-state index < -0.39 is 11.2 Å². The van der Waals surface area contributed by atoms with Crippen LogP contribution in [0.3, 0.4) is 0 Å². The van der Waals surface area contributed by atoms with Crippen LogP contribution in [0.15, 0.2) is 9.59 Å². The fraction of sp³-hybridized carbons (Fsp3) is 0.579. The predicted molar refractivity (Wildman–Crippen MR) is 108 cm³/mol. The average molecular weight is 405 g/mol. The summed E-state index contributed by atoms with van der Waals surface area (Å²) in [5, 5.41) is 14.8. The van der Waals surface area contributed by atoms with Crippen LogP contribution in [0.5, 0.6) is 0 Å². The van der Waals surface area contributed by atoms with E-state index in [1.54, 1.807) is 7.05 Å². The van der Waals surface area contributed by atoms with Gasteiger partial charge in [0.05, 0.1) is 11.7 Å². The molecule has 1 fully saturated rings. The first-order valence-electron chi connectivity index (χ1n) is 9.38. The normalized spacial score (nSPS) is 16.8. The maximum absolute atomic E-state index is 12.5. The summed E-state index contributed by atoms with van der Waals surface area (Å²) in [5.41, 5.74) is 0.666. The molecule has 1 aliphatic heterocycles. The van der Waals surface area contributed by atoms with E-state index in [1.165, 1.54) is 11.6 Å². The van der Waals surface area contributed by atoms with Gasteiger partial charge in [-0.25, -0.2) is 4.79 Å². The smallest absolute Gasteiger partial charge is 0.332 e. The van der Waals surface area contributed by atoms with E-state index in [2.05, 4.69) is 18.9 Å². The zero-order valence-corrected chi connectivity index (χ0v) is 17.6. The van der Waals surface area contributed by atoms with E-state index in [1.807, 2.05) is 22.6 Å². The van der Waals surface area contributed by atoms with Crippen LogP contribution in [0, 0.1) is 24.2 Å². The van der Waals surface area contributed by atoms with Crippen LogP contribution in [0.1, 0.15) is 49.6 Å². The van der Waals surface area contributed by atoms with E-state index in [0.717, 1.165) is 28.7 Å². The van der Waals surface area contributed by atoms with Crippen molar-refractivity contribution in [3.63, 3.8) is 0 Å². The Hall–Kier alpha value is -2.53. The second kappa shape index (κ2) is 7.47. The lowest BCUT2D eigenvalue weighted by atomic mass is 10.1. The first kappa shape index (κ1) is 20.2. The van der Waals surface area contributed by atoms with Gasteiger partial charge in [-0.3, -0.25) is 18.6 Å². The molecule has 1 unspecified atom stereocenters. The number of aryl methyl sites for hydroxylation is 1. The van der Waals surface area contributed by atoms with Crippen molar-refractivity contribution in [1.82, 2.24) is 18.9 Å². The summed E-state index contributed by atoms with van der Waals surface area (Å²) in [6.45, 7) is 7.46. The lowest BCUT2D eigenvalue weighted by Crippen LogP contribution is -2.42. The third kappa shape index (κ3) is 3.14. The predicted octanol–water partition coefficient (Wildman–Crippen LogP) is 2.11. The van der Waals surface area contributed by atoms with Gasteiger partial charge in [-0.05, 0) is 25.7 Å². The zero-order valence-electron chi connectivity index (χ0n) is 16.9. The van der Waals surface area contributed by atoms with Crippen molar-refractivity contribution in [2.24, 2.45) is 20.0 Å². The molecule has 0 spiro atoms. The maximum Gasteiger partial charge on any atom is 0.332 e. The average Bonchev–Trinajstić information content (AvgIpc) is 3.20. The van der Waals surface area contributed by atoms with Crippen LogP contribution in [-0.4, -0.2) is 25.5 Å². The minimum Gasteiger partial charge on any atom is -0.349 e. The van der Waals surface area contributed by atoms with Gasteiger partial charge in [0.1, 0.15) is 17.0 Å². The van der Waals surface area contributed by atoms with Crippen molar-refractivity contribution in [2.75, 3.05) is 11.4 Å². The molecular formula is C19H25ClN6O2. The van der Waals surface area contributed by atoms with Gasteiger partial charge in [0.2, 0.25) is 0 Å². The van der Waals surface area contributed by atoms with Gasteiger partial charge >= 0.3 is 5.69 Å². The molecule has 28 heavy (non-hydrogen) atoms. The minimum atomic E-state index is -0.579. The molecule has 3 rings (SSSR count). The highest BCUT2D eigenvalue weighted by molar-refractivity contribution is 6.30. The lowest BCUT2D eigenvalue weighted by molar-refractivity contribution is 0.481. The summed E-state index contributed by atoms with van der Waals surface area (Å²) in [5.74, 6) is 0.748. The molecule has 1 saturated heterocycles. The Bertz CT molecular complexity index is 1070. The zero-order chi connectivity index (χ0) is 20.7. The molecule has 0 aromatic carbocycles. The number of hydrogen-bond acceptors (Lipinski definition) is 5. The van der Waals surface area contributed by atoms with Crippen molar-refractivity contribution >= 4 is 17.4 Å².